The van der Waals surface area contributed by atoms with Crippen LogP contribution < -0.4 is 0 Å². The summed E-state index contributed by atoms with van der Waals surface area (Å²) in [5.74, 6) is -1.13. The highest BCUT2D eigenvalue weighted by atomic mass is 16.9. The predicted octanol–water partition coefficient (Wildman–Crippen LogP) is 0.305. The van der Waals surface area contributed by atoms with E-state index in [4.69, 9.17) is 5.11 Å². The molecule has 0 spiro atoms. The third-order valence-electron chi connectivity index (χ3n) is 1.11. The summed E-state index contributed by atoms with van der Waals surface area (Å²) in [5, 5.41) is 17.1. The Bertz CT molecular complexity index is 176. The molecule has 0 aliphatic rings. The van der Waals surface area contributed by atoms with Crippen LogP contribution in [0, 0.1) is 15.5 Å². The first-order chi connectivity index (χ1) is 4.86. The molecule has 6 heteroatoms. The molecule has 0 bridgehead atoms. The van der Waals surface area contributed by atoms with Crippen molar-refractivity contribution in [2.75, 3.05) is 6.61 Å². The van der Waals surface area contributed by atoms with Crippen LogP contribution in [-0.4, -0.2) is 22.8 Å². The fraction of sp³-hybridized carbons (Fsp3) is 0.800. The average Bonchev–Trinajstić information content (AvgIpc) is 1.84. The van der Waals surface area contributed by atoms with Gasteiger partial charge in [0, 0.05) is 0 Å². The van der Waals surface area contributed by atoms with Crippen molar-refractivity contribution < 1.29 is 19.8 Å². The Kier molecular flexibility index (Phi) is 2.79. The molecule has 0 aliphatic carbocycles. The van der Waals surface area contributed by atoms with E-state index in [2.05, 4.69) is 4.84 Å². The lowest BCUT2D eigenvalue weighted by Gasteiger charge is -2.16. The minimum Gasteiger partial charge on any atom is -0.481 e. The van der Waals surface area contributed by atoms with Crippen LogP contribution in [0.4, 0.5) is 0 Å². The average molecular weight is 163 g/mol. The zero-order chi connectivity index (χ0) is 9.07. The van der Waals surface area contributed by atoms with Crippen molar-refractivity contribution in [3.63, 3.8) is 0 Å². The van der Waals surface area contributed by atoms with Gasteiger partial charge in [0.2, 0.25) is 0 Å². The van der Waals surface area contributed by atoms with Crippen LogP contribution in [-0.2, 0) is 9.63 Å². The van der Waals surface area contributed by atoms with E-state index < -0.39 is 23.1 Å². The highest BCUT2D eigenvalue weighted by Crippen LogP contribution is 2.14. The van der Waals surface area contributed by atoms with Gasteiger partial charge in [-0.25, -0.2) is 0 Å². The SMILES string of the molecule is CC(C)(CO[N+](=O)[O-])C(=O)O. The van der Waals surface area contributed by atoms with Crippen LogP contribution in [0.25, 0.3) is 0 Å². The predicted molar refractivity (Wildman–Crippen MR) is 34.4 cm³/mol. The van der Waals surface area contributed by atoms with Crippen LogP contribution in [0.1, 0.15) is 13.8 Å². The van der Waals surface area contributed by atoms with E-state index >= 15 is 0 Å². The lowest BCUT2D eigenvalue weighted by Crippen LogP contribution is -2.30. The summed E-state index contributed by atoms with van der Waals surface area (Å²) in [5.41, 5.74) is -1.22. The van der Waals surface area contributed by atoms with Crippen molar-refractivity contribution in [3.8, 4) is 0 Å². The van der Waals surface area contributed by atoms with Crippen molar-refractivity contribution in [2.24, 2.45) is 5.41 Å². The van der Waals surface area contributed by atoms with Crippen molar-refractivity contribution in [2.45, 2.75) is 13.8 Å². The molecule has 0 aromatic rings. The molecule has 1 N–H and O–H groups in total. The fourth-order valence-corrected chi connectivity index (χ4v) is 0.276. The molecule has 0 atom stereocenters. The van der Waals surface area contributed by atoms with Gasteiger partial charge < -0.3 is 9.94 Å². The molecule has 11 heavy (non-hydrogen) atoms. The minimum atomic E-state index is -1.22. The summed E-state index contributed by atoms with van der Waals surface area (Å²) in [6.07, 6.45) is 0. The maximum absolute atomic E-state index is 10.3. The fourth-order valence-electron chi connectivity index (χ4n) is 0.276. The molecule has 0 radical (unpaired) electrons. The number of hydrogen-bond acceptors (Lipinski definition) is 4. The number of rotatable bonds is 4. The molecule has 0 fully saturated rings. The summed E-state index contributed by atoms with van der Waals surface area (Å²) in [6.45, 7) is 2.26. The highest BCUT2D eigenvalue weighted by Gasteiger charge is 2.28. The number of carbonyl (C=O) groups is 1. The second-order valence-electron chi connectivity index (χ2n) is 2.69. The molecule has 0 aromatic carbocycles. The second-order valence-corrected chi connectivity index (χ2v) is 2.69. The van der Waals surface area contributed by atoms with E-state index in [0.29, 0.717) is 0 Å². The van der Waals surface area contributed by atoms with Crippen molar-refractivity contribution in [1.82, 2.24) is 0 Å². The van der Waals surface area contributed by atoms with E-state index in [0.717, 1.165) is 0 Å². The van der Waals surface area contributed by atoms with Gasteiger partial charge in [0.05, 0.1) is 5.41 Å². The van der Waals surface area contributed by atoms with Gasteiger partial charge in [-0.15, -0.1) is 10.1 Å². The molecule has 0 heterocycles. The first-order valence-electron chi connectivity index (χ1n) is 2.87. The summed E-state index contributed by atoms with van der Waals surface area (Å²) in [4.78, 5) is 23.9. The summed E-state index contributed by atoms with van der Waals surface area (Å²) < 4.78 is 0. The maximum atomic E-state index is 10.3. The van der Waals surface area contributed by atoms with E-state index in [-0.39, 0.29) is 0 Å². The Morgan fingerprint density at radius 3 is 2.45 bits per heavy atom. The van der Waals surface area contributed by atoms with E-state index in [1.54, 1.807) is 0 Å². The number of hydrogen-bond donors (Lipinski definition) is 1. The zero-order valence-corrected chi connectivity index (χ0v) is 6.23. The molecule has 0 aromatic heterocycles. The van der Waals surface area contributed by atoms with Crippen molar-refractivity contribution in [3.05, 3.63) is 10.1 Å². The van der Waals surface area contributed by atoms with Gasteiger partial charge in [0.25, 0.3) is 5.09 Å². The summed E-state index contributed by atoms with van der Waals surface area (Å²) in [7, 11) is 0. The number of carboxylic acid groups (broad SMARTS) is 1. The Morgan fingerprint density at radius 1 is 1.73 bits per heavy atom. The Hall–Kier alpha value is -1.33. The van der Waals surface area contributed by atoms with Crippen LogP contribution >= 0.6 is 0 Å². The van der Waals surface area contributed by atoms with E-state index in [1.807, 2.05) is 0 Å². The monoisotopic (exact) mass is 163 g/mol. The van der Waals surface area contributed by atoms with Crippen molar-refractivity contribution >= 4 is 5.97 Å². The van der Waals surface area contributed by atoms with Gasteiger partial charge in [-0.05, 0) is 13.8 Å². The number of aliphatic carboxylic acids is 1. The van der Waals surface area contributed by atoms with Gasteiger partial charge in [0.1, 0.15) is 6.61 Å². The molecular formula is C5H9NO5. The smallest absolute Gasteiger partial charge is 0.311 e. The van der Waals surface area contributed by atoms with Crippen molar-refractivity contribution in [1.29, 1.82) is 0 Å². The van der Waals surface area contributed by atoms with Crippen LogP contribution in [0.2, 0.25) is 0 Å². The summed E-state index contributed by atoms with van der Waals surface area (Å²) >= 11 is 0. The normalized spacial score (nSPS) is 10.7. The largest absolute Gasteiger partial charge is 0.481 e. The maximum Gasteiger partial charge on any atom is 0.311 e. The number of nitrogens with zero attached hydrogens (tertiary/aromatic N) is 1. The molecule has 0 unspecified atom stereocenters. The topological polar surface area (TPSA) is 89.7 Å². The molecular weight excluding hydrogens is 154 g/mol. The van der Waals surface area contributed by atoms with E-state index in [9.17, 15) is 14.9 Å². The zero-order valence-electron chi connectivity index (χ0n) is 6.23. The minimum absolute atomic E-state index is 0.435. The van der Waals surface area contributed by atoms with Gasteiger partial charge >= 0.3 is 5.97 Å². The molecule has 0 saturated carbocycles. The third-order valence-corrected chi connectivity index (χ3v) is 1.11. The van der Waals surface area contributed by atoms with E-state index in [1.165, 1.54) is 13.8 Å². The molecule has 0 aliphatic heterocycles. The Labute approximate surface area is 62.9 Å². The quantitative estimate of drug-likeness (QED) is 0.475. The van der Waals surface area contributed by atoms with Gasteiger partial charge in [-0.1, -0.05) is 0 Å². The van der Waals surface area contributed by atoms with Gasteiger partial charge in [-0.2, -0.15) is 0 Å². The lowest BCUT2D eigenvalue weighted by atomic mass is 9.96. The van der Waals surface area contributed by atoms with Gasteiger partial charge in [-0.3, -0.25) is 4.79 Å². The molecule has 0 amide bonds. The second kappa shape index (κ2) is 3.18. The van der Waals surface area contributed by atoms with Crippen LogP contribution in [0.15, 0.2) is 0 Å². The molecule has 0 saturated heterocycles. The first kappa shape index (κ1) is 9.67. The third kappa shape index (κ3) is 3.39. The first-order valence-corrected chi connectivity index (χ1v) is 2.87. The standard InChI is InChI=1S/C5H9NO5/c1-5(2,4(7)8)3-11-6(9)10/h3H2,1-2H3,(H,7,8). The summed E-state index contributed by atoms with van der Waals surface area (Å²) in [6, 6.07) is 0. The van der Waals surface area contributed by atoms with Crippen LogP contribution in [0.3, 0.4) is 0 Å². The molecule has 6 nitrogen and oxygen atoms in total. The Morgan fingerprint density at radius 2 is 2.18 bits per heavy atom. The lowest BCUT2D eigenvalue weighted by molar-refractivity contribution is -0.760. The molecule has 0 rings (SSSR count). The van der Waals surface area contributed by atoms with Gasteiger partial charge in [0.15, 0.2) is 0 Å². The highest BCUT2D eigenvalue weighted by molar-refractivity contribution is 5.73. The Balaban J connectivity index is 3.92. The number of carboxylic acids is 1. The molecule has 64 valence electrons. The van der Waals surface area contributed by atoms with Crippen LogP contribution in [0.5, 0.6) is 0 Å².